The number of hydrogen-bond acceptors (Lipinski definition) is 2. The lowest BCUT2D eigenvalue weighted by atomic mass is 9.93. The van der Waals surface area contributed by atoms with Gasteiger partial charge in [-0.2, -0.15) is 0 Å². The van der Waals surface area contributed by atoms with Crippen molar-refractivity contribution in [1.82, 2.24) is 0 Å². The Labute approximate surface area is 93.7 Å². The van der Waals surface area contributed by atoms with E-state index in [4.69, 9.17) is 9.52 Å². The molecule has 0 aliphatic rings. The Bertz CT molecular complexity index is 478. The number of para-hydroxylation sites is 1. The van der Waals surface area contributed by atoms with Crippen LogP contribution in [0.25, 0.3) is 11.0 Å². The highest BCUT2D eigenvalue weighted by atomic mass is 16.4. The van der Waals surface area contributed by atoms with Gasteiger partial charge in [0.15, 0.2) is 0 Å². The minimum absolute atomic E-state index is 0.0121. The van der Waals surface area contributed by atoms with Crippen molar-refractivity contribution in [3.05, 3.63) is 36.1 Å². The van der Waals surface area contributed by atoms with Gasteiger partial charge in [-0.15, -0.1) is 0 Å². The third-order valence-corrected chi connectivity index (χ3v) is 2.68. The lowest BCUT2D eigenvalue weighted by molar-refractivity contribution is -0.140. The molecule has 84 valence electrons. The first-order valence-corrected chi connectivity index (χ1v) is 5.31. The highest BCUT2D eigenvalue weighted by Crippen LogP contribution is 2.30. The molecule has 0 aliphatic carbocycles. The first-order valence-electron chi connectivity index (χ1n) is 5.31. The Kier molecular flexibility index (Phi) is 2.69. The molecule has 1 heterocycles. The topological polar surface area (TPSA) is 50.4 Å². The number of rotatable bonds is 3. The van der Waals surface area contributed by atoms with E-state index in [1.165, 1.54) is 0 Å². The monoisotopic (exact) mass is 218 g/mol. The van der Waals surface area contributed by atoms with E-state index in [-0.39, 0.29) is 5.92 Å². The summed E-state index contributed by atoms with van der Waals surface area (Å²) >= 11 is 0. The fourth-order valence-electron chi connectivity index (χ4n) is 1.89. The Morgan fingerprint density at radius 1 is 1.31 bits per heavy atom. The van der Waals surface area contributed by atoms with Gasteiger partial charge in [-0.05, 0) is 18.1 Å². The smallest absolute Gasteiger partial charge is 0.314 e. The first-order chi connectivity index (χ1) is 7.59. The minimum atomic E-state index is -0.839. The van der Waals surface area contributed by atoms with E-state index in [0.29, 0.717) is 5.76 Å². The molecule has 3 nitrogen and oxygen atoms in total. The molecule has 0 amide bonds. The number of fused-ring (bicyclic) bond motifs is 1. The van der Waals surface area contributed by atoms with Crippen LogP contribution in [0.15, 0.2) is 34.7 Å². The maximum atomic E-state index is 11.2. The summed E-state index contributed by atoms with van der Waals surface area (Å²) in [4.78, 5) is 11.2. The zero-order valence-electron chi connectivity index (χ0n) is 9.31. The van der Waals surface area contributed by atoms with Gasteiger partial charge in [-0.1, -0.05) is 32.0 Å². The average molecular weight is 218 g/mol. The molecule has 16 heavy (non-hydrogen) atoms. The highest BCUT2D eigenvalue weighted by Gasteiger charge is 2.27. The van der Waals surface area contributed by atoms with Gasteiger partial charge in [0.1, 0.15) is 17.3 Å². The van der Waals surface area contributed by atoms with Crippen LogP contribution in [0.5, 0.6) is 0 Å². The Balaban J connectivity index is 2.49. The lowest BCUT2D eigenvalue weighted by Crippen LogP contribution is -2.16. The van der Waals surface area contributed by atoms with E-state index in [0.717, 1.165) is 11.0 Å². The maximum absolute atomic E-state index is 11.2. The van der Waals surface area contributed by atoms with Crippen LogP contribution in [0.2, 0.25) is 0 Å². The lowest BCUT2D eigenvalue weighted by Gasteiger charge is -2.12. The molecule has 0 saturated carbocycles. The van der Waals surface area contributed by atoms with Gasteiger partial charge >= 0.3 is 5.97 Å². The molecule has 0 fully saturated rings. The second-order valence-corrected chi connectivity index (χ2v) is 4.25. The van der Waals surface area contributed by atoms with Crippen molar-refractivity contribution in [3.8, 4) is 0 Å². The van der Waals surface area contributed by atoms with Crippen LogP contribution in [-0.4, -0.2) is 11.1 Å². The second kappa shape index (κ2) is 4.00. The van der Waals surface area contributed by atoms with Crippen molar-refractivity contribution >= 4 is 16.9 Å². The van der Waals surface area contributed by atoms with Crippen LogP contribution in [0.4, 0.5) is 0 Å². The van der Waals surface area contributed by atoms with E-state index >= 15 is 0 Å². The van der Waals surface area contributed by atoms with E-state index < -0.39 is 11.9 Å². The third kappa shape index (κ3) is 1.81. The van der Waals surface area contributed by atoms with Gasteiger partial charge < -0.3 is 9.52 Å². The van der Waals surface area contributed by atoms with Crippen LogP contribution < -0.4 is 0 Å². The van der Waals surface area contributed by atoms with E-state index in [1.54, 1.807) is 0 Å². The van der Waals surface area contributed by atoms with Crippen LogP contribution in [0, 0.1) is 5.92 Å². The van der Waals surface area contributed by atoms with Gasteiger partial charge in [0.25, 0.3) is 0 Å². The van der Waals surface area contributed by atoms with E-state index in [9.17, 15) is 4.79 Å². The molecule has 2 rings (SSSR count). The van der Waals surface area contributed by atoms with Crippen molar-refractivity contribution in [1.29, 1.82) is 0 Å². The van der Waals surface area contributed by atoms with Gasteiger partial charge in [-0.3, -0.25) is 4.79 Å². The van der Waals surface area contributed by atoms with Crippen molar-refractivity contribution in [2.24, 2.45) is 5.92 Å². The number of carbonyl (C=O) groups is 1. The zero-order valence-corrected chi connectivity index (χ0v) is 9.31. The second-order valence-electron chi connectivity index (χ2n) is 4.25. The molecule has 1 aromatic heterocycles. The van der Waals surface area contributed by atoms with Crippen molar-refractivity contribution in [2.45, 2.75) is 19.8 Å². The van der Waals surface area contributed by atoms with Crippen molar-refractivity contribution < 1.29 is 14.3 Å². The third-order valence-electron chi connectivity index (χ3n) is 2.68. The largest absolute Gasteiger partial charge is 0.481 e. The molecule has 3 heteroatoms. The molecule has 1 atom stereocenters. The van der Waals surface area contributed by atoms with Gasteiger partial charge in [0.2, 0.25) is 0 Å². The number of furan rings is 1. The Morgan fingerprint density at radius 3 is 2.56 bits per heavy atom. The summed E-state index contributed by atoms with van der Waals surface area (Å²) < 4.78 is 5.57. The quantitative estimate of drug-likeness (QED) is 0.860. The molecule has 0 radical (unpaired) electrons. The molecular formula is C13H14O3. The molecule has 0 bridgehead atoms. The molecule has 0 spiro atoms. The van der Waals surface area contributed by atoms with Crippen LogP contribution >= 0.6 is 0 Å². The molecule has 0 saturated heterocycles. The summed E-state index contributed by atoms with van der Waals surface area (Å²) in [5.41, 5.74) is 0.740. The number of hydrogen-bond donors (Lipinski definition) is 1. The molecule has 0 aliphatic heterocycles. The van der Waals surface area contributed by atoms with E-state index in [2.05, 4.69) is 0 Å². The number of carboxylic acids is 1. The number of aliphatic carboxylic acids is 1. The van der Waals surface area contributed by atoms with Crippen LogP contribution in [0.1, 0.15) is 25.5 Å². The highest BCUT2D eigenvalue weighted by molar-refractivity contribution is 5.81. The van der Waals surface area contributed by atoms with E-state index in [1.807, 2.05) is 44.2 Å². The standard InChI is InChI=1S/C13H14O3/c1-8(2)12(13(14)15)11-7-9-5-3-4-6-10(9)16-11/h3-8,12H,1-2H3,(H,14,15). The maximum Gasteiger partial charge on any atom is 0.314 e. The summed E-state index contributed by atoms with van der Waals surface area (Å²) in [5, 5.41) is 10.1. The zero-order chi connectivity index (χ0) is 11.7. The van der Waals surface area contributed by atoms with Gasteiger partial charge in [-0.25, -0.2) is 0 Å². The number of carboxylic acid groups (broad SMARTS) is 1. The summed E-state index contributed by atoms with van der Waals surface area (Å²) in [6, 6.07) is 9.36. The van der Waals surface area contributed by atoms with Gasteiger partial charge in [0, 0.05) is 5.39 Å². The Hall–Kier alpha value is -1.77. The molecule has 1 N–H and O–H groups in total. The number of benzene rings is 1. The fraction of sp³-hybridized carbons (Fsp3) is 0.308. The fourth-order valence-corrected chi connectivity index (χ4v) is 1.89. The molecular weight excluding hydrogens is 204 g/mol. The summed E-state index contributed by atoms with van der Waals surface area (Å²) in [6.45, 7) is 3.76. The SMILES string of the molecule is CC(C)C(C(=O)O)c1cc2ccccc2o1. The summed E-state index contributed by atoms with van der Waals surface area (Å²) in [7, 11) is 0. The first kappa shape index (κ1) is 10.7. The van der Waals surface area contributed by atoms with Crippen LogP contribution in [-0.2, 0) is 4.79 Å². The normalized spacial score (nSPS) is 13.2. The molecule has 1 unspecified atom stereocenters. The Morgan fingerprint density at radius 2 is 2.00 bits per heavy atom. The minimum Gasteiger partial charge on any atom is -0.481 e. The predicted molar refractivity (Wildman–Crippen MR) is 61.4 cm³/mol. The summed E-state index contributed by atoms with van der Waals surface area (Å²) in [6.07, 6.45) is 0. The van der Waals surface area contributed by atoms with Crippen molar-refractivity contribution in [2.75, 3.05) is 0 Å². The van der Waals surface area contributed by atoms with Gasteiger partial charge in [0.05, 0.1) is 0 Å². The van der Waals surface area contributed by atoms with Crippen LogP contribution in [0.3, 0.4) is 0 Å². The average Bonchev–Trinajstić information content (AvgIpc) is 2.58. The molecule has 1 aromatic carbocycles. The summed E-state index contributed by atoms with van der Waals surface area (Å²) in [5.74, 6) is -0.872. The molecule has 2 aromatic rings. The van der Waals surface area contributed by atoms with Crippen molar-refractivity contribution in [3.63, 3.8) is 0 Å². The predicted octanol–water partition coefficient (Wildman–Crippen LogP) is 3.26.